The topological polar surface area (TPSA) is 65.2 Å². The second-order valence-electron chi connectivity index (χ2n) is 8.21. The van der Waals surface area contributed by atoms with E-state index < -0.39 is 0 Å². The van der Waals surface area contributed by atoms with E-state index in [4.69, 9.17) is 11.6 Å². The number of nitrogens with zero attached hydrogens (tertiary/aromatic N) is 1. The molecule has 0 unspecified atom stereocenters. The summed E-state index contributed by atoms with van der Waals surface area (Å²) in [4.78, 5) is 30.7. The number of benzene rings is 3. The minimum absolute atomic E-state index is 0.182. The van der Waals surface area contributed by atoms with E-state index in [1.165, 1.54) is 0 Å². The number of aromatic nitrogens is 1. The second kappa shape index (κ2) is 9.92. The third-order valence-corrected chi connectivity index (χ3v) is 6.14. The van der Waals surface area contributed by atoms with Crippen molar-refractivity contribution in [2.45, 2.75) is 26.8 Å². The summed E-state index contributed by atoms with van der Waals surface area (Å²) >= 11 is 6.24. The number of H-pyrrole nitrogens is 1. The first-order valence-electron chi connectivity index (χ1n) is 10.9. The third kappa shape index (κ3) is 5.44. The van der Waals surface area contributed by atoms with E-state index in [0.29, 0.717) is 29.2 Å². The highest BCUT2D eigenvalue weighted by Crippen LogP contribution is 2.22. The zero-order valence-corrected chi connectivity index (χ0v) is 19.4. The molecule has 4 rings (SSSR count). The van der Waals surface area contributed by atoms with Crippen molar-refractivity contribution >= 4 is 34.2 Å². The molecule has 0 saturated carbocycles. The van der Waals surface area contributed by atoms with Crippen molar-refractivity contribution in [3.05, 3.63) is 110 Å². The fourth-order valence-corrected chi connectivity index (χ4v) is 3.95. The SMILES string of the molecule is Cc1cc2cc(CN(CCc3ccccc3)C(=O)Nc3ccccc3Cl)c(=O)[nH]c2cc1C. The molecule has 0 saturated heterocycles. The normalized spacial score (nSPS) is 10.9. The smallest absolute Gasteiger partial charge is 0.322 e. The highest BCUT2D eigenvalue weighted by Gasteiger charge is 2.17. The zero-order valence-electron chi connectivity index (χ0n) is 18.7. The lowest BCUT2D eigenvalue weighted by Crippen LogP contribution is -2.37. The molecule has 0 radical (unpaired) electrons. The number of hydrogen-bond donors (Lipinski definition) is 2. The standard InChI is InChI=1S/C27H26ClN3O2/c1-18-14-21-16-22(26(32)29-25(21)15-19(18)2)17-31(13-12-20-8-4-3-5-9-20)27(33)30-24-11-7-6-10-23(24)28/h3-11,14-16H,12-13,17H2,1-2H3,(H,29,32)(H,30,33). The predicted molar refractivity (Wildman–Crippen MR) is 135 cm³/mol. The molecule has 6 heteroatoms. The van der Waals surface area contributed by atoms with Crippen molar-refractivity contribution in [1.82, 2.24) is 9.88 Å². The summed E-state index contributed by atoms with van der Waals surface area (Å²) in [6.45, 7) is 4.69. The first kappa shape index (κ1) is 22.6. The van der Waals surface area contributed by atoms with Gasteiger partial charge in [0, 0.05) is 17.6 Å². The van der Waals surface area contributed by atoms with Crippen LogP contribution in [0.15, 0.2) is 77.6 Å². The first-order valence-corrected chi connectivity index (χ1v) is 11.3. The summed E-state index contributed by atoms with van der Waals surface area (Å²) in [6.07, 6.45) is 0.667. The van der Waals surface area contributed by atoms with Gasteiger partial charge in [0.2, 0.25) is 0 Å². The highest BCUT2D eigenvalue weighted by molar-refractivity contribution is 6.33. The van der Waals surface area contributed by atoms with Crippen LogP contribution in [0.3, 0.4) is 0 Å². The molecule has 3 aromatic carbocycles. The van der Waals surface area contributed by atoms with Crippen LogP contribution >= 0.6 is 11.6 Å². The summed E-state index contributed by atoms with van der Waals surface area (Å²) in [5.41, 5.74) is 5.06. The number of urea groups is 1. The average molecular weight is 460 g/mol. The van der Waals surface area contributed by atoms with Gasteiger partial charge in [0.05, 0.1) is 17.3 Å². The number of carbonyl (C=O) groups is 1. The van der Waals surface area contributed by atoms with Gasteiger partial charge in [-0.3, -0.25) is 4.79 Å². The Bertz CT molecular complexity index is 1350. The Labute approximate surface area is 198 Å². The van der Waals surface area contributed by atoms with E-state index in [-0.39, 0.29) is 18.1 Å². The molecule has 0 aliphatic carbocycles. The number of pyridine rings is 1. The lowest BCUT2D eigenvalue weighted by molar-refractivity contribution is 0.209. The number of nitrogens with one attached hydrogen (secondary N) is 2. The molecule has 0 aliphatic rings. The Morgan fingerprint density at radius 1 is 0.970 bits per heavy atom. The summed E-state index contributed by atoms with van der Waals surface area (Å²) < 4.78 is 0. The van der Waals surface area contributed by atoms with Gasteiger partial charge in [-0.15, -0.1) is 0 Å². The van der Waals surface area contributed by atoms with Crippen LogP contribution < -0.4 is 10.9 Å². The van der Waals surface area contributed by atoms with Gasteiger partial charge in [-0.25, -0.2) is 4.79 Å². The highest BCUT2D eigenvalue weighted by atomic mass is 35.5. The van der Waals surface area contributed by atoms with E-state index in [1.54, 1.807) is 17.0 Å². The van der Waals surface area contributed by atoms with Crippen LogP contribution in [0.2, 0.25) is 5.02 Å². The van der Waals surface area contributed by atoms with Gasteiger partial charge in [0.1, 0.15) is 0 Å². The van der Waals surface area contributed by atoms with Crippen molar-refractivity contribution in [3.63, 3.8) is 0 Å². The van der Waals surface area contributed by atoms with Gasteiger partial charge in [0.15, 0.2) is 0 Å². The van der Waals surface area contributed by atoms with Crippen molar-refractivity contribution in [1.29, 1.82) is 0 Å². The quantitative estimate of drug-likeness (QED) is 0.367. The maximum atomic E-state index is 13.2. The van der Waals surface area contributed by atoms with Gasteiger partial charge in [-0.05, 0) is 72.7 Å². The molecule has 33 heavy (non-hydrogen) atoms. The molecule has 0 atom stereocenters. The van der Waals surface area contributed by atoms with Crippen LogP contribution in [-0.4, -0.2) is 22.5 Å². The van der Waals surface area contributed by atoms with Crippen LogP contribution in [0, 0.1) is 13.8 Å². The van der Waals surface area contributed by atoms with Crippen molar-refractivity contribution < 1.29 is 4.79 Å². The minimum Gasteiger partial charge on any atom is -0.322 e. The number of halogens is 1. The summed E-state index contributed by atoms with van der Waals surface area (Å²) in [5.74, 6) is 0. The van der Waals surface area contributed by atoms with Gasteiger partial charge in [0.25, 0.3) is 5.56 Å². The number of anilines is 1. The van der Waals surface area contributed by atoms with Crippen LogP contribution in [0.5, 0.6) is 0 Å². The molecule has 0 fully saturated rings. The molecule has 1 aromatic heterocycles. The monoisotopic (exact) mass is 459 g/mol. The van der Waals surface area contributed by atoms with Crippen LogP contribution in [0.1, 0.15) is 22.3 Å². The molecular formula is C27H26ClN3O2. The predicted octanol–water partition coefficient (Wildman–Crippen LogP) is 6.08. The van der Waals surface area contributed by atoms with Gasteiger partial charge in [-0.1, -0.05) is 54.1 Å². The molecule has 4 aromatic rings. The van der Waals surface area contributed by atoms with Gasteiger partial charge < -0.3 is 15.2 Å². The Morgan fingerprint density at radius 2 is 1.67 bits per heavy atom. The van der Waals surface area contributed by atoms with E-state index in [0.717, 1.165) is 27.6 Å². The van der Waals surface area contributed by atoms with Crippen LogP contribution in [0.4, 0.5) is 10.5 Å². The zero-order chi connectivity index (χ0) is 23.4. The molecule has 1 heterocycles. The first-order chi connectivity index (χ1) is 15.9. The lowest BCUT2D eigenvalue weighted by Gasteiger charge is -2.23. The van der Waals surface area contributed by atoms with E-state index in [2.05, 4.69) is 16.4 Å². The number of para-hydroxylation sites is 1. The Balaban J connectivity index is 1.63. The van der Waals surface area contributed by atoms with Crippen molar-refractivity contribution in [2.24, 2.45) is 0 Å². The van der Waals surface area contributed by atoms with Crippen LogP contribution in [0.25, 0.3) is 10.9 Å². The summed E-state index contributed by atoms with van der Waals surface area (Å²) in [7, 11) is 0. The molecular weight excluding hydrogens is 434 g/mol. The fraction of sp³-hybridized carbons (Fsp3) is 0.185. The maximum Gasteiger partial charge on any atom is 0.322 e. The molecule has 168 valence electrons. The Morgan fingerprint density at radius 3 is 2.42 bits per heavy atom. The second-order valence-corrected chi connectivity index (χ2v) is 8.62. The molecule has 0 bridgehead atoms. The Hall–Kier alpha value is -3.57. The van der Waals surface area contributed by atoms with E-state index >= 15 is 0 Å². The van der Waals surface area contributed by atoms with Crippen molar-refractivity contribution in [2.75, 3.05) is 11.9 Å². The number of carbonyl (C=O) groups excluding carboxylic acids is 1. The van der Waals surface area contributed by atoms with Gasteiger partial charge >= 0.3 is 6.03 Å². The fourth-order valence-electron chi connectivity index (χ4n) is 3.76. The molecule has 0 spiro atoms. The van der Waals surface area contributed by atoms with Crippen molar-refractivity contribution in [3.8, 4) is 0 Å². The summed E-state index contributed by atoms with van der Waals surface area (Å²) in [5, 5.41) is 4.29. The number of aromatic amines is 1. The third-order valence-electron chi connectivity index (χ3n) is 5.81. The van der Waals surface area contributed by atoms with E-state index in [1.807, 2.05) is 68.4 Å². The molecule has 2 N–H and O–H groups in total. The Kier molecular flexibility index (Phi) is 6.80. The average Bonchev–Trinajstić information content (AvgIpc) is 2.80. The summed E-state index contributed by atoms with van der Waals surface area (Å²) in [6, 6.07) is 22.7. The minimum atomic E-state index is -0.307. The number of rotatable bonds is 6. The van der Waals surface area contributed by atoms with E-state index in [9.17, 15) is 9.59 Å². The van der Waals surface area contributed by atoms with Crippen LogP contribution in [-0.2, 0) is 13.0 Å². The molecule has 0 aliphatic heterocycles. The molecule has 5 nitrogen and oxygen atoms in total. The lowest BCUT2D eigenvalue weighted by atomic mass is 10.0. The number of fused-ring (bicyclic) bond motifs is 1. The van der Waals surface area contributed by atoms with Gasteiger partial charge in [-0.2, -0.15) is 0 Å². The number of hydrogen-bond acceptors (Lipinski definition) is 2. The number of amides is 2. The molecule has 2 amide bonds. The number of aryl methyl sites for hydroxylation is 2. The maximum absolute atomic E-state index is 13.2. The largest absolute Gasteiger partial charge is 0.322 e.